The van der Waals surface area contributed by atoms with Crippen molar-refractivity contribution in [1.82, 2.24) is 15.3 Å². The molecule has 1 unspecified atom stereocenters. The van der Waals surface area contributed by atoms with Gasteiger partial charge in [0.1, 0.15) is 6.10 Å². The Morgan fingerprint density at radius 2 is 2.22 bits per heavy atom. The first-order chi connectivity index (χ1) is 8.70. The summed E-state index contributed by atoms with van der Waals surface area (Å²) < 4.78 is 5.79. The molecule has 1 fully saturated rings. The van der Waals surface area contributed by atoms with Gasteiger partial charge in [-0.1, -0.05) is 13.8 Å². The Bertz CT molecular complexity index is 377. The van der Waals surface area contributed by atoms with E-state index in [-0.39, 0.29) is 6.10 Å². The smallest absolute Gasteiger partial charge is 0.157 e. The van der Waals surface area contributed by atoms with Crippen LogP contribution in [0.3, 0.4) is 0 Å². The number of rotatable bonds is 7. The zero-order chi connectivity index (χ0) is 13.0. The minimum atomic E-state index is 0.0917. The second kappa shape index (κ2) is 6.25. The van der Waals surface area contributed by atoms with E-state index in [0.717, 1.165) is 24.7 Å². The van der Waals surface area contributed by atoms with Crippen LogP contribution in [-0.4, -0.2) is 22.6 Å². The van der Waals surface area contributed by atoms with Gasteiger partial charge in [-0.25, -0.2) is 9.97 Å². The second-order valence-corrected chi connectivity index (χ2v) is 5.16. The summed E-state index contributed by atoms with van der Waals surface area (Å²) in [5, 5.41) is 3.37. The standard InChI is InChI=1S/C14H23N3O/c1-4-18-13(11-5-6-11)14-15-8-7-12(17-14)9-16-10(2)3/h7-8,10-11,13,16H,4-6,9H2,1-3H3. The summed E-state index contributed by atoms with van der Waals surface area (Å²) in [7, 11) is 0. The molecular formula is C14H23N3O. The maximum absolute atomic E-state index is 5.79. The number of hydrogen-bond acceptors (Lipinski definition) is 4. The molecular weight excluding hydrogens is 226 g/mol. The number of nitrogens with one attached hydrogen (secondary N) is 1. The molecule has 0 bridgehead atoms. The van der Waals surface area contributed by atoms with Crippen LogP contribution in [0.15, 0.2) is 12.3 Å². The lowest BCUT2D eigenvalue weighted by molar-refractivity contribution is 0.0398. The summed E-state index contributed by atoms with van der Waals surface area (Å²) >= 11 is 0. The summed E-state index contributed by atoms with van der Waals surface area (Å²) in [6, 6.07) is 2.43. The highest BCUT2D eigenvalue weighted by molar-refractivity contribution is 5.06. The molecule has 1 aromatic heterocycles. The van der Waals surface area contributed by atoms with Gasteiger partial charge in [0.2, 0.25) is 0 Å². The quantitative estimate of drug-likeness (QED) is 0.806. The fraction of sp³-hybridized carbons (Fsp3) is 0.714. The third-order valence-electron chi connectivity index (χ3n) is 3.07. The first kappa shape index (κ1) is 13.4. The number of nitrogens with zero attached hydrogens (tertiary/aromatic N) is 2. The lowest BCUT2D eigenvalue weighted by Crippen LogP contribution is -2.23. The summed E-state index contributed by atoms with van der Waals surface area (Å²) in [4.78, 5) is 9.01. The summed E-state index contributed by atoms with van der Waals surface area (Å²) in [6.45, 7) is 7.81. The van der Waals surface area contributed by atoms with Crippen LogP contribution < -0.4 is 5.32 Å². The highest BCUT2D eigenvalue weighted by Crippen LogP contribution is 2.42. The van der Waals surface area contributed by atoms with Crippen LogP contribution in [0.4, 0.5) is 0 Å². The van der Waals surface area contributed by atoms with Crippen molar-refractivity contribution in [3.8, 4) is 0 Å². The predicted octanol–water partition coefficient (Wildman–Crippen LogP) is 2.46. The average Bonchev–Trinajstić information content (AvgIpc) is 3.18. The summed E-state index contributed by atoms with van der Waals surface area (Å²) in [6.07, 6.45) is 4.41. The molecule has 1 saturated carbocycles. The first-order valence-electron chi connectivity index (χ1n) is 6.87. The molecule has 0 radical (unpaired) electrons. The molecule has 1 aliphatic rings. The molecule has 1 atom stereocenters. The first-order valence-corrected chi connectivity index (χ1v) is 6.87. The van der Waals surface area contributed by atoms with E-state index in [1.165, 1.54) is 12.8 Å². The van der Waals surface area contributed by atoms with Crippen LogP contribution in [0.25, 0.3) is 0 Å². The maximum Gasteiger partial charge on any atom is 0.157 e. The van der Waals surface area contributed by atoms with Crippen molar-refractivity contribution in [2.75, 3.05) is 6.61 Å². The molecule has 0 amide bonds. The highest BCUT2D eigenvalue weighted by Gasteiger charge is 2.34. The third-order valence-corrected chi connectivity index (χ3v) is 3.07. The Kier molecular flexibility index (Phi) is 4.66. The van der Waals surface area contributed by atoms with E-state index in [1.807, 2.05) is 19.2 Å². The van der Waals surface area contributed by atoms with Gasteiger partial charge in [0.05, 0.1) is 5.69 Å². The van der Waals surface area contributed by atoms with Gasteiger partial charge >= 0.3 is 0 Å². The zero-order valence-corrected chi connectivity index (χ0v) is 11.5. The van der Waals surface area contributed by atoms with E-state index in [4.69, 9.17) is 4.74 Å². The Balaban J connectivity index is 2.04. The molecule has 0 aromatic carbocycles. The normalized spacial score (nSPS) is 17.1. The van der Waals surface area contributed by atoms with Crippen molar-refractivity contribution in [2.24, 2.45) is 5.92 Å². The topological polar surface area (TPSA) is 47.0 Å². The molecule has 100 valence electrons. The van der Waals surface area contributed by atoms with E-state index in [0.29, 0.717) is 12.0 Å². The van der Waals surface area contributed by atoms with E-state index in [9.17, 15) is 0 Å². The number of ether oxygens (including phenoxy) is 1. The minimum Gasteiger partial charge on any atom is -0.370 e. The van der Waals surface area contributed by atoms with Gasteiger partial charge in [0.15, 0.2) is 5.82 Å². The maximum atomic E-state index is 5.79. The van der Waals surface area contributed by atoms with Gasteiger partial charge in [0.25, 0.3) is 0 Å². The van der Waals surface area contributed by atoms with E-state index in [2.05, 4.69) is 29.1 Å². The van der Waals surface area contributed by atoms with E-state index >= 15 is 0 Å². The number of aromatic nitrogens is 2. The number of hydrogen-bond donors (Lipinski definition) is 1. The monoisotopic (exact) mass is 249 g/mol. The molecule has 4 nitrogen and oxygen atoms in total. The fourth-order valence-electron chi connectivity index (χ4n) is 1.96. The van der Waals surface area contributed by atoms with Crippen LogP contribution in [0, 0.1) is 5.92 Å². The van der Waals surface area contributed by atoms with Crippen LogP contribution in [0.1, 0.15) is 51.2 Å². The fourth-order valence-corrected chi connectivity index (χ4v) is 1.96. The lowest BCUT2D eigenvalue weighted by Gasteiger charge is -2.15. The molecule has 0 spiro atoms. The molecule has 1 aromatic rings. The van der Waals surface area contributed by atoms with Crippen LogP contribution >= 0.6 is 0 Å². The van der Waals surface area contributed by atoms with Gasteiger partial charge in [-0.15, -0.1) is 0 Å². The SMILES string of the molecule is CCOC(c1nccc(CNC(C)C)n1)C1CC1. The van der Waals surface area contributed by atoms with Gasteiger partial charge < -0.3 is 10.1 Å². The summed E-state index contributed by atoms with van der Waals surface area (Å²) in [5.74, 6) is 1.47. The van der Waals surface area contributed by atoms with Gasteiger partial charge in [-0.3, -0.25) is 0 Å². The van der Waals surface area contributed by atoms with Crippen molar-refractivity contribution in [1.29, 1.82) is 0 Å². The van der Waals surface area contributed by atoms with Crippen molar-refractivity contribution in [3.05, 3.63) is 23.8 Å². The molecule has 1 aliphatic carbocycles. The molecule has 0 saturated heterocycles. The van der Waals surface area contributed by atoms with E-state index < -0.39 is 0 Å². The Labute approximate surface area is 109 Å². The van der Waals surface area contributed by atoms with Gasteiger partial charge in [-0.05, 0) is 31.7 Å². The summed E-state index contributed by atoms with van der Waals surface area (Å²) in [5.41, 5.74) is 1.04. The molecule has 1 N–H and O–H groups in total. The van der Waals surface area contributed by atoms with Crippen molar-refractivity contribution in [3.63, 3.8) is 0 Å². The Hall–Kier alpha value is -1.00. The van der Waals surface area contributed by atoms with Crippen molar-refractivity contribution in [2.45, 2.75) is 52.3 Å². The van der Waals surface area contributed by atoms with Gasteiger partial charge in [0, 0.05) is 25.4 Å². The van der Waals surface area contributed by atoms with E-state index in [1.54, 1.807) is 0 Å². The third kappa shape index (κ3) is 3.75. The molecule has 2 rings (SSSR count). The predicted molar refractivity (Wildman–Crippen MR) is 71.1 cm³/mol. The Morgan fingerprint density at radius 1 is 1.44 bits per heavy atom. The molecule has 4 heteroatoms. The zero-order valence-electron chi connectivity index (χ0n) is 11.5. The van der Waals surface area contributed by atoms with Crippen molar-refractivity contribution >= 4 is 0 Å². The van der Waals surface area contributed by atoms with Crippen molar-refractivity contribution < 1.29 is 4.74 Å². The molecule has 0 aliphatic heterocycles. The lowest BCUT2D eigenvalue weighted by atomic mass is 10.2. The Morgan fingerprint density at radius 3 is 2.83 bits per heavy atom. The van der Waals surface area contributed by atoms with Crippen LogP contribution in [0.2, 0.25) is 0 Å². The highest BCUT2D eigenvalue weighted by atomic mass is 16.5. The average molecular weight is 249 g/mol. The largest absolute Gasteiger partial charge is 0.370 e. The molecule has 1 heterocycles. The minimum absolute atomic E-state index is 0.0917. The van der Waals surface area contributed by atoms with Gasteiger partial charge in [-0.2, -0.15) is 0 Å². The van der Waals surface area contributed by atoms with Crippen LogP contribution in [0.5, 0.6) is 0 Å². The second-order valence-electron chi connectivity index (χ2n) is 5.16. The van der Waals surface area contributed by atoms with Crippen LogP contribution in [-0.2, 0) is 11.3 Å². The molecule has 18 heavy (non-hydrogen) atoms.